The van der Waals surface area contributed by atoms with Crippen molar-refractivity contribution in [3.05, 3.63) is 65.5 Å². The zero-order valence-corrected chi connectivity index (χ0v) is 15.9. The molecule has 2 aromatic carbocycles. The smallest absolute Gasteiger partial charge is 0.331 e. The summed E-state index contributed by atoms with van der Waals surface area (Å²) >= 11 is 0. The highest BCUT2D eigenvalue weighted by Gasteiger charge is 2.16. The third-order valence-corrected chi connectivity index (χ3v) is 3.88. The predicted octanol–water partition coefficient (Wildman–Crippen LogP) is 3.10. The number of hydrogen-bond acceptors (Lipinski definition) is 5. The zero-order chi connectivity index (χ0) is 20.5. The van der Waals surface area contributed by atoms with E-state index in [0.29, 0.717) is 12.1 Å². The summed E-state index contributed by atoms with van der Waals surface area (Å²) in [7, 11) is 2.94. The lowest BCUT2D eigenvalue weighted by Crippen LogP contribution is -2.35. The molecule has 0 fully saturated rings. The molecule has 2 aromatic rings. The molecule has 0 aliphatic heterocycles. The molecule has 1 N–H and O–H groups in total. The Morgan fingerprint density at radius 3 is 2.43 bits per heavy atom. The first kappa shape index (κ1) is 21.0. The summed E-state index contributed by atoms with van der Waals surface area (Å²) in [5.74, 6) is -0.830. The molecule has 1 atom stereocenters. The van der Waals surface area contributed by atoms with E-state index in [9.17, 15) is 14.0 Å². The minimum Gasteiger partial charge on any atom is -0.497 e. The van der Waals surface area contributed by atoms with Crippen LogP contribution in [-0.2, 0) is 20.9 Å². The van der Waals surface area contributed by atoms with E-state index in [4.69, 9.17) is 14.2 Å². The first-order valence-corrected chi connectivity index (χ1v) is 8.56. The molecule has 0 bridgehead atoms. The van der Waals surface area contributed by atoms with Crippen LogP contribution in [-0.4, -0.2) is 32.2 Å². The molecular formula is C21H22FNO5. The Hall–Kier alpha value is -3.35. The summed E-state index contributed by atoms with van der Waals surface area (Å²) in [6, 6.07) is 11.5. The minimum atomic E-state index is -0.969. The van der Waals surface area contributed by atoms with Crippen molar-refractivity contribution in [2.45, 2.75) is 19.6 Å². The monoisotopic (exact) mass is 387 g/mol. The van der Waals surface area contributed by atoms with Gasteiger partial charge >= 0.3 is 5.97 Å². The van der Waals surface area contributed by atoms with Gasteiger partial charge in [-0.3, -0.25) is 4.79 Å². The molecular weight excluding hydrogens is 365 g/mol. The minimum absolute atomic E-state index is 0.113. The molecule has 0 saturated heterocycles. The number of halogens is 1. The van der Waals surface area contributed by atoms with Crippen molar-refractivity contribution < 1.29 is 28.2 Å². The van der Waals surface area contributed by atoms with Gasteiger partial charge in [0.1, 0.15) is 5.75 Å². The van der Waals surface area contributed by atoms with Crippen LogP contribution >= 0.6 is 0 Å². The maximum Gasteiger partial charge on any atom is 0.331 e. The second kappa shape index (κ2) is 10.1. The number of amides is 1. The molecule has 0 unspecified atom stereocenters. The summed E-state index contributed by atoms with van der Waals surface area (Å²) in [5, 5.41) is 2.69. The number of carbonyl (C=O) groups excluding carboxylic acids is 2. The van der Waals surface area contributed by atoms with Gasteiger partial charge in [-0.15, -0.1) is 0 Å². The topological polar surface area (TPSA) is 73.9 Å². The number of carbonyl (C=O) groups is 2. The summed E-state index contributed by atoms with van der Waals surface area (Å²) in [5.41, 5.74) is 1.35. The van der Waals surface area contributed by atoms with Gasteiger partial charge < -0.3 is 19.5 Å². The van der Waals surface area contributed by atoms with E-state index in [1.54, 1.807) is 25.3 Å². The van der Waals surface area contributed by atoms with Crippen molar-refractivity contribution in [2.75, 3.05) is 14.2 Å². The number of methoxy groups -OCH3 is 2. The standard InChI is InChI=1S/C21H22FNO5/c1-14(21(25)23-13-16-4-8-17(26-2)9-5-16)28-20(24)11-7-15-6-10-19(27-3)18(22)12-15/h4-12,14H,13H2,1-3H3,(H,23,25)/b11-7+/t14-/m0/s1. The molecule has 0 saturated carbocycles. The Bertz CT molecular complexity index is 848. The fourth-order valence-corrected chi connectivity index (χ4v) is 2.29. The second-order valence-corrected chi connectivity index (χ2v) is 5.87. The van der Waals surface area contributed by atoms with E-state index in [2.05, 4.69) is 5.32 Å². The highest BCUT2D eigenvalue weighted by molar-refractivity contribution is 5.90. The molecule has 0 spiro atoms. The summed E-state index contributed by atoms with van der Waals surface area (Å²) in [4.78, 5) is 23.9. The van der Waals surface area contributed by atoms with Crippen LogP contribution in [0.3, 0.4) is 0 Å². The van der Waals surface area contributed by atoms with Crippen LogP contribution in [0.15, 0.2) is 48.5 Å². The number of esters is 1. The molecule has 0 aliphatic rings. The fourth-order valence-electron chi connectivity index (χ4n) is 2.29. The molecule has 6 nitrogen and oxygen atoms in total. The fraction of sp³-hybridized carbons (Fsp3) is 0.238. The maximum absolute atomic E-state index is 13.6. The number of hydrogen-bond donors (Lipinski definition) is 1. The lowest BCUT2D eigenvalue weighted by molar-refractivity contribution is -0.150. The molecule has 0 heterocycles. The van der Waals surface area contributed by atoms with E-state index >= 15 is 0 Å². The molecule has 7 heteroatoms. The molecule has 2 rings (SSSR count). The maximum atomic E-state index is 13.6. The zero-order valence-electron chi connectivity index (χ0n) is 15.9. The van der Waals surface area contributed by atoms with Gasteiger partial charge in [-0.05, 0) is 48.4 Å². The normalized spacial score (nSPS) is 11.7. The number of rotatable bonds is 8. The van der Waals surface area contributed by atoms with Crippen molar-refractivity contribution in [3.8, 4) is 11.5 Å². The van der Waals surface area contributed by atoms with Gasteiger partial charge in [-0.1, -0.05) is 18.2 Å². The predicted molar refractivity (Wildman–Crippen MR) is 102 cm³/mol. The Morgan fingerprint density at radius 1 is 1.11 bits per heavy atom. The Balaban J connectivity index is 1.83. The molecule has 1 amide bonds. The lowest BCUT2D eigenvalue weighted by atomic mass is 10.2. The summed E-state index contributed by atoms with van der Waals surface area (Å²) < 4.78 is 28.6. The van der Waals surface area contributed by atoms with Gasteiger partial charge in [-0.25, -0.2) is 9.18 Å². The van der Waals surface area contributed by atoms with Crippen LogP contribution < -0.4 is 14.8 Å². The van der Waals surface area contributed by atoms with Crippen molar-refractivity contribution in [1.29, 1.82) is 0 Å². The quantitative estimate of drug-likeness (QED) is 0.557. The van der Waals surface area contributed by atoms with Crippen LogP contribution in [0.4, 0.5) is 4.39 Å². The average molecular weight is 387 g/mol. The van der Waals surface area contributed by atoms with Crippen molar-refractivity contribution in [1.82, 2.24) is 5.32 Å². The van der Waals surface area contributed by atoms with Crippen molar-refractivity contribution in [3.63, 3.8) is 0 Å². The van der Waals surface area contributed by atoms with E-state index < -0.39 is 23.8 Å². The molecule has 148 valence electrons. The van der Waals surface area contributed by atoms with Crippen molar-refractivity contribution in [2.24, 2.45) is 0 Å². The summed E-state index contributed by atoms with van der Waals surface area (Å²) in [6.45, 7) is 1.77. The van der Waals surface area contributed by atoms with Crippen LogP contribution in [0.25, 0.3) is 6.08 Å². The lowest BCUT2D eigenvalue weighted by Gasteiger charge is -2.12. The molecule has 0 radical (unpaired) electrons. The largest absolute Gasteiger partial charge is 0.497 e. The van der Waals surface area contributed by atoms with Crippen LogP contribution in [0.2, 0.25) is 0 Å². The van der Waals surface area contributed by atoms with E-state index in [-0.39, 0.29) is 5.75 Å². The van der Waals surface area contributed by atoms with Gasteiger partial charge in [0.2, 0.25) is 0 Å². The highest BCUT2D eigenvalue weighted by atomic mass is 19.1. The van der Waals surface area contributed by atoms with E-state index in [1.165, 1.54) is 32.2 Å². The van der Waals surface area contributed by atoms with Crippen LogP contribution in [0.5, 0.6) is 11.5 Å². The van der Waals surface area contributed by atoms with E-state index in [1.807, 2.05) is 12.1 Å². The van der Waals surface area contributed by atoms with Gasteiger partial charge in [0.25, 0.3) is 5.91 Å². The van der Waals surface area contributed by atoms with Crippen molar-refractivity contribution >= 4 is 18.0 Å². The molecule has 0 aromatic heterocycles. The van der Waals surface area contributed by atoms with Gasteiger partial charge in [0, 0.05) is 12.6 Å². The first-order valence-electron chi connectivity index (χ1n) is 8.56. The van der Waals surface area contributed by atoms with Gasteiger partial charge in [0.15, 0.2) is 17.7 Å². The number of ether oxygens (including phenoxy) is 3. The average Bonchev–Trinajstić information content (AvgIpc) is 2.70. The van der Waals surface area contributed by atoms with Gasteiger partial charge in [0.05, 0.1) is 14.2 Å². The highest BCUT2D eigenvalue weighted by Crippen LogP contribution is 2.18. The summed E-state index contributed by atoms with van der Waals surface area (Å²) in [6.07, 6.45) is 1.56. The Labute approximate surface area is 162 Å². The SMILES string of the molecule is COc1ccc(CNC(=O)[C@H](C)OC(=O)/C=C/c2ccc(OC)c(F)c2)cc1. The molecule has 28 heavy (non-hydrogen) atoms. The third-order valence-electron chi connectivity index (χ3n) is 3.88. The second-order valence-electron chi connectivity index (χ2n) is 5.87. The molecule has 0 aliphatic carbocycles. The third kappa shape index (κ3) is 6.12. The first-order chi connectivity index (χ1) is 13.4. The Morgan fingerprint density at radius 2 is 1.82 bits per heavy atom. The number of nitrogens with one attached hydrogen (secondary N) is 1. The number of benzene rings is 2. The van der Waals surface area contributed by atoms with Crippen LogP contribution in [0.1, 0.15) is 18.1 Å². The van der Waals surface area contributed by atoms with Crippen LogP contribution in [0, 0.1) is 5.82 Å². The Kier molecular flexibility index (Phi) is 7.56. The van der Waals surface area contributed by atoms with E-state index in [0.717, 1.165) is 17.4 Å². The van der Waals surface area contributed by atoms with Gasteiger partial charge in [-0.2, -0.15) is 0 Å².